The highest BCUT2D eigenvalue weighted by atomic mass is 16.6. The number of nitrogens with zero attached hydrogens (tertiary/aromatic N) is 6. The van der Waals surface area contributed by atoms with Crippen LogP contribution in [0.25, 0.3) is 11.0 Å². The Balaban J connectivity index is 1.47. The lowest BCUT2D eigenvalue weighted by Gasteiger charge is -2.11. The van der Waals surface area contributed by atoms with Gasteiger partial charge in [0.2, 0.25) is 0 Å². The van der Waals surface area contributed by atoms with E-state index in [9.17, 15) is 29.8 Å². The van der Waals surface area contributed by atoms with Gasteiger partial charge in [0.15, 0.2) is 17.1 Å². The second kappa shape index (κ2) is 10.7. The van der Waals surface area contributed by atoms with Crippen LogP contribution >= 0.6 is 0 Å². The minimum atomic E-state index is -0.701. The Kier molecular flexibility index (Phi) is 7.27. The monoisotopic (exact) mass is 523 g/mol. The van der Waals surface area contributed by atoms with E-state index in [4.69, 9.17) is 9.47 Å². The number of amides is 1. The normalized spacial score (nSPS) is 10.8. The summed E-state index contributed by atoms with van der Waals surface area (Å²) in [5.41, 5.74) is -0.0852. The topological polar surface area (TPSA) is 187 Å². The summed E-state index contributed by atoms with van der Waals surface area (Å²) in [6.45, 7) is 0.328. The predicted octanol–water partition coefficient (Wildman–Crippen LogP) is 1.90. The molecule has 15 heteroatoms. The Hall–Kier alpha value is -5.34. The molecule has 0 atom stereocenters. The van der Waals surface area contributed by atoms with Gasteiger partial charge in [0.05, 0.1) is 49.4 Å². The van der Waals surface area contributed by atoms with Crippen molar-refractivity contribution in [2.24, 2.45) is 0 Å². The van der Waals surface area contributed by atoms with Gasteiger partial charge in [0.1, 0.15) is 17.3 Å². The molecular formula is C23H21N7O8. The fourth-order valence-electron chi connectivity index (χ4n) is 3.77. The lowest BCUT2D eigenvalue weighted by Crippen LogP contribution is -2.28. The first-order chi connectivity index (χ1) is 18.2. The summed E-state index contributed by atoms with van der Waals surface area (Å²) in [7, 11) is 2.68. The summed E-state index contributed by atoms with van der Waals surface area (Å²) >= 11 is 0. The van der Waals surface area contributed by atoms with Crippen LogP contribution in [-0.4, -0.2) is 55.8 Å². The number of fused-ring (bicyclic) bond motifs is 1. The number of hydrogen-bond donors (Lipinski definition) is 1. The quantitative estimate of drug-likeness (QED) is 0.238. The zero-order valence-electron chi connectivity index (χ0n) is 20.2. The molecule has 1 amide bonds. The third-order valence-corrected chi connectivity index (χ3v) is 5.67. The van der Waals surface area contributed by atoms with E-state index in [1.165, 1.54) is 54.2 Å². The number of benzene rings is 2. The van der Waals surface area contributed by atoms with E-state index in [-0.39, 0.29) is 53.3 Å². The van der Waals surface area contributed by atoms with Gasteiger partial charge in [-0.1, -0.05) is 12.1 Å². The van der Waals surface area contributed by atoms with E-state index >= 15 is 0 Å². The minimum absolute atomic E-state index is 0.0364. The number of non-ortho nitro benzene ring substituents is 1. The molecule has 1 N–H and O–H groups in total. The predicted molar refractivity (Wildman–Crippen MR) is 133 cm³/mol. The van der Waals surface area contributed by atoms with E-state index in [1.807, 2.05) is 0 Å². The fourth-order valence-corrected chi connectivity index (χ4v) is 3.77. The molecule has 15 nitrogen and oxygen atoms in total. The molecule has 2 aromatic carbocycles. The van der Waals surface area contributed by atoms with Gasteiger partial charge in [-0.2, -0.15) is 5.10 Å². The molecule has 0 aliphatic heterocycles. The van der Waals surface area contributed by atoms with Crippen LogP contribution in [0.3, 0.4) is 0 Å². The van der Waals surface area contributed by atoms with E-state index in [1.54, 1.807) is 12.1 Å². The summed E-state index contributed by atoms with van der Waals surface area (Å²) in [5, 5.41) is 29.3. The first-order valence-electron chi connectivity index (χ1n) is 11.1. The van der Waals surface area contributed by atoms with Gasteiger partial charge in [-0.25, -0.2) is 9.67 Å². The van der Waals surface area contributed by atoms with Crippen molar-refractivity contribution in [2.75, 3.05) is 20.8 Å². The second-order valence-electron chi connectivity index (χ2n) is 7.94. The van der Waals surface area contributed by atoms with Crippen molar-refractivity contribution in [2.45, 2.75) is 13.1 Å². The van der Waals surface area contributed by atoms with Crippen molar-refractivity contribution in [3.05, 3.63) is 90.6 Å². The molecule has 2 aromatic heterocycles. The first kappa shape index (κ1) is 25.7. The van der Waals surface area contributed by atoms with Crippen LogP contribution in [-0.2, 0) is 13.1 Å². The van der Waals surface area contributed by atoms with Gasteiger partial charge in [0, 0.05) is 24.7 Å². The van der Waals surface area contributed by atoms with Gasteiger partial charge >= 0.3 is 0 Å². The third-order valence-electron chi connectivity index (χ3n) is 5.67. The number of carbonyl (C=O) groups is 1. The summed E-state index contributed by atoms with van der Waals surface area (Å²) in [6.07, 6.45) is 2.70. The molecule has 0 saturated carbocycles. The molecule has 0 fully saturated rings. The van der Waals surface area contributed by atoms with E-state index in [0.717, 1.165) is 6.07 Å². The maximum Gasteiger partial charge on any atom is 0.286 e. The molecule has 0 unspecified atom stereocenters. The Bertz CT molecular complexity index is 1590. The summed E-state index contributed by atoms with van der Waals surface area (Å²) in [5.74, 6) is -0.424. The number of hydrogen-bond acceptors (Lipinski definition) is 10. The molecular weight excluding hydrogens is 502 g/mol. The van der Waals surface area contributed by atoms with Crippen molar-refractivity contribution in [3.63, 3.8) is 0 Å². The molecule has 196 valence electrons. The van der Waals surface area contributed by atoms with Gasteiger partial charge in [-0.3, -0.25) is 34.4 Å². The van der Waals surface area contributed by atoms with Crippen molar-refractivity contribution in [1.29, 1.82) is 0 Å². The van der Waals surface area contributed by atoms with Crippen LogP contribution in [0, 0.1) is 20.2 Å². The van der Waals surface area contributed by atoms with Crippen molar-refractivity contribution < 1.29 is 24.1 Å². The van der Waals surface area contributed by atoms with Gasteiger partial charge < -0.3 is 14.8 Å². The first-order valence-corrected chi connectivity index (χ1v) is 11.1. The number of nitro benzene ring substituents is 2. The van der Waals surface area contributed by atoms with Crippen LogP contribution in [0.4, 0.5) is 11.4 Å². The minimum Gasteiger partial charge on any atom is -0.493 e. The number of carbonyl (C=O) groups excluding carboxylic acids is 1. The average Bonchev–Trinajstić information content (AvgIpc) is 3.33. The van der Waals surface area contributed by atoms with Gasteiger partial charge in [-0.15, -0.1) is 0 Å². The number of nitro groups is 2. The van der Waals surface area contributed by atoms with E-state index < -0.39 is 21.4 Å². The highest BCUT2D eigenvalue weighted by molar-refractivity contribution is 5.99. The highest BCUT2D eigenvalue weighted by Gasteiger charge is 2.24. The summed E-state index contributed by atoms with van der Waals surface area (Å²) in [6, 6.07) is 8.17. The number of aromatic nitrogens is 4. The smallest absolute Gasteiger partial charge is 0.286 e. The fraction of sp³-hybridized carbons (Fsp3) is 0.217. The van der Waals surface area contributed by atoms with Crippen LogP contribution < -0.4 is 20.3 Å². The molecule has 0 aliphatic rings. The second-order valence-corrected chi connectivity index (χ2v) is 7.94. The molecule has 0 spiro atoms. The Morgan fingerprint density at radius 2 is 1.74 bits per heavy atom. The molecule has 2 heterocycles. The van der Waals surface area contributed by atoms with E-state index in [0.29, 0.717) is 11.2 Å². The molecule has 4 aromatic rings. The van der Waals surface area contributed by atoms with Gasteiger partial charge in [-0.05, 0) is 5.56 Å². The molecule has 0 saturated heterocycles. The zero-order chi connectivity index (χ0) is 27.4. The lowest BCUT2D eigenvalue weighted by atomic mass is 10.1. The SMILES string of the molecule is COc1cc(C(=O)NCCn2ncc3c(=O)n(Cc4ccc([N+](=O)[O-])cc4)cnc32)c([N+](=O)[O-])cc1OC. The van der Waals surface area contributed by atoms with Crippen LogP contribution in [0.1, 0.15) is 15.9 Å². The molecule has 0 radical (unpaired) electrons. The zero-order valence-corrected chi connectivity index (χ0v) is 20.2. The summed E-state index contributed by atoms with van der Waals surface area (Å²) < 4.78 is 13.0. The highest BCUT2D eigenvalue weighted by Crippen LogP contribution is 2.34. The molecule has 0 bridgehead atoms. The maximum atomic E-state index is 12.9. The largest absolute Gasteiger partial charge is 0.493 e. The molecule has 0 aliphatic carbocycles. The van der Waals surface area contributed by atoms with Crippen molar-refractivity contribution >= 4 is 28.3 Å². The Morgan fingerprint density at radius 3 is 2.37 bits per heavy atom. The number of methoxy groups -OCH3 is 2. The standard InChI is InChI=1S/C23H21N7O8/c1-37-19-9-16(18(30(35)36)10-20(19)38-2)22(31)24-7-8-28-21-17(11-26-28)23(32)27(13-25-21)12-14-3-5-15(6-4-14)29(33)34/h3-6,9-11,13H,7-8,12H2,1-2H3,(H,24,31). The average molecular weight is 523 g/mol. The Morgan fingerprint density at radius 1 is 1.05 bits per heavy atom. The molecule has 38 heavy (non-hydrogen) atoms. The third kappa shape index (κ3) is 5.11. The van der Waals surface area contributed by atoms with Gasteiger partial charge in [0.25, 0.3) is 22.8 Å². The number of rotatable bonds is 10. The van der Waals surface area contributed by atoms with Crippen LogP contribution in [0.2, 0.25) is 0 Å². The number of nitrogens with one attached hydrogen (secondary N) is 1. The van der Waals surface area contributed by atoms with Crippen molar-refractivity contribution in [3.8, 4) is 11.5 Å². The lowest BCUT2D eigenvalue weighted by molar-refractivity contribution is -0.385. The molecule has 4 rings (SSSR count). The van der Waals surface area contributed by atoms with Crippen LogP contribution in [0.15, 0.2) is 53.7 Å². The van der Waals surface area contributed by atoms with Crippen molar-refractivity contribution in [1.82, 2.24) is 24.6 Å². The van der Waals surface area contributed by atoms with E-state index in [2.05, 4.69) is 15.4 Å². The Labute approximate surface area is 213 Å². The summed E-state index contributed by atoms with van der Waals surface area (Å²) in [4.78, 5) is 51.0. The van der Waals surface area contributed by atoms with Crippen LogP contribution in [0.5, 0.6) is 11.5 Å². The maximum absolute atomic E-state index is 12.9. The number of ether oxygens (including phenoxy) is 2.